The molecule has 3 aromatic carbocycles. The molecule has 0 unspecified atom stereocenters. The Morgan fingerprint density at radius 3 is 2.25 bits per heavy atom. The van der Waals surface area contributed by atoms with Crippen molar-refractivity contribution in [3.8, 4) is 5.75 Å². The van der Waals surface area contributed by atoms with Crippen molar-refractivity contribution < 1.29 is 14.3 Å². The van der Waals surface area contributed by atoms with E-state index in [1.165, 1.54) is 6.21 Å². The van der Waals surface area contributed by atoms with E-state index in [1.807, 2.05) is 0 Å². The molecule has 0 heterocycles. The molecule has 162 valence electrons. The summed E-state index contributed by atoms with van der Waals surface area (Å²) in [6.07, 6.45) is 2.97. The lowest BCUT2D eigenvalue weighted by Gasteiger charge is -2.09. The molecule has 0 aliphatic rings. The number of methoxy groups -OCH3 is 1. The monoisotopic (exact) mass is 467 g/mol. The third-order valence-electron chi connectivity index (χ3n) is 4.28. The Kier molecular flexibility index (Phi) is 8.02. The minimum atomic E-state index is -0.596. The molecular formula is C24H19Cl2N3O3. The number of hydrazone groups is 1. The molecule has 2 amide bonds. The molecule has 0 bridgehead atoms. The van der Waals surface area contributed by atoms with Crippen molar-refractivity contribution >= 4 is 47.3 Å². The van der Waals surface area contributed by atoms with Crippen LogP contribution in [0, 0.1) is 0 Å². The quantitative estimate of drug-likeness (QED) is 0.294. The van der Waals surface area contributed by atoms with Gasteiger partial charge in [-0.05, 0) is 53.6 Å². The second-order valence-corrected chi connectivity index (χ2v) is 7.34. The molecule has 6 nitrogen and oxygen atoms in total. The van der Waals surface area contributed by atoms with Gasteiger partial charge in [0.1, 0.15) is 11.4 Å². The highest BCUT2D eigenvalue weighted by Gasteiger charge is 2.14. The summed E-state index contributed by atoms with van der Waals surface area (Å²) in [5, 5.41) is 7.38. The van der Waals surface area contributed by atoms with E-state index in [-0.39, 0.29) is 5.70 Å². The van der Waals surface area contributed by atoms with Crippen LogP contribution in [0.15, 0.2) is 83.6 Å². The van der Waals surface area contributed by atoms with E-state index in [9.17, 15) is 9.59 Å². The zero-order valence-corrected chi connectivity index (χ0v) is 18.5. The van der Waals surface area contributed by atoms with Crippen molar-refractivity contribution in [1.29, 1.82) is 0 Å². The molecule has 0 fully saturated rings. The average molecular weight is 468 g/mol. The van der Waals surface area contributed by atoms with Gasteiger partial charge >= 0.3 is 0 Å². The maximum atomic E-state index is 12.8. The van der Waals surface area contributed by atoms with E-state index in [4.69, 9.17) is 27.9 Å². The standard InChI is InChI=1S/C24H19Cl2N3O3/c1-32-19-10-7-16(8-11-19)14-22(28-23(30)18-5-3-2-4-6-18)24(31)29-27-15-17-9-12-20(25)21(26)13-17/h2-15H,1H3,(H,28,30)(H,29,31)/b22-14+,27-15+. The second-order valence-electron chi connectivity index (χ2n) is 6.52. The van der Waals surface area contributed by atoms with Crippen molar-refractivity contribution in [2.45, 2.75) is 0 Å². The van der Waals surface area contributed by atoms with Crippen LogP contribution in [0.25, 0.3) is 6.08 Å². The van der Waals surface area contributed by atoms with E-state index in [0.29, 0.717) is 32.5 Å². The Morgan fingerprint density at radius 1 is 0.906 bits per heavy atom. The minimum absolute atomic E-state index is 0.0234. The molecule has 0 spiro atoms. The number of nitrogens with zero attached hydrogens (tertiary/aromatic N) is 1. The summed E-state index contributed by atoms with van der Waals surface area (Å²) < 4.78 is 5.15. The molecule has 0 saturated heterocycles. The van der Waals surface area contributed by atoms with Gasteiger partial charge in [-0.2, -0.15) is 5.10 Å². The van der Waals surface area contributed by atoms with Gasteiger partial charge in [0.25, 0.3) is 11.8 Å². The number of carbonyl (C=O) groups excluding carboxylic acids is 2. The van der Waals surface area contributed by atoms with Crippen LogP contribution in [0.3, 0.4) is 0 Å². The average Bonchev–Trinajstić information content (AvgIpc) is 2.82. The van der Waals surface area contributed by atoms with Gasteiger partial charge in [-0.1, -0.05) is 59.6 Å². The van der Waals surface area contributed by atoms with Crippen molar-refractivity contribution in [1.82, 2.24) is 10.7 Å². The summed E-state index contributed by atoms with van der Waals surface area (Å²) >= 11 is 11.9. The van der Waals surface area contributed by atoms with Crippen LogP contribution >= 0.6 is 23.2 Å². The van der Waals surface area contributed by atoms with Gasteiger partial charge in [0.05, 0.1) is 23.4 Å². The molecule has 2 N–H and O–H groups in total. The van der Waals surface area contributed by atoms with E-state index < -0.39 is 11.8 Å². The fourth-order valence-electron chi connectivity index (χ4n) is 2.63. The van der Waals surface area contributed by atoms with Crippen molar-refractivity contribution in [3.63, 3.8) is 0 Å². The zero-order valence-electron chi connectivity index (χ0n) is 17.0. The highest BCUT2D eigenvalue weighted by Crippen LogP contribution is 2.21. The summed E-state index contributed by atoms with van der Waals surface area (Å²) in [6, 6.07) is 20.6. The van der Waals surface area contributed by atoms with Crippen molar-refractivity contribution in [2.75, 3.05) is 7.11 Å². The Labute approximate surface area is 195 Å². The van der Waals surface area contributed by atoms with Crippen LogP contribution < -0.4 is 15.5 Å². The fraction of sp³-hybridized carbons (Fsp3) is 0.0417. The number of hydrogen-bond acceptors (Lipinski definition) is 4. The van der Waals surface area contributed by atoms with Gasteiger partial charge in [0.15, 0.2) is 0 Å². The van der Waals surface area contributed by atoms with Gasteiger partial charge in [-0.15, -0.1) is 0 Å². The predicted octanol–water partition coefficient (Wildman–Crippen LogP) is 4.92. The normalized spacial score (nSPS) is 11.3. The van der Waals surface area contributed by atoms with Crippen molar-refractivity contribution in [3.05, 3.63) is 105 Å². The van der Waals surface area contributed by atoms with Gasteiger partial charge in [0.2, 0.25) is 0 Å². The molecule has 3 rings (SSSR count). The van der Waals surface area contributed by atoms with E-state index in [2.05, 4.69) is 15.8 Å². The first-order chi connectivity index (χ1) is 15.5. The Morgan fingerprint density at radius 2 is 1.59 bits per heavy atom. The number of carbonyl (C=O) groups is 2. The van der Waals surface area contributed by atoms with Crippen LogP contribution in [0.1, 0.15) is 21.5 Å². The Hall–Kier alpha value is -3.61. The fourth-order valence-corrected chi connectivity index (χ4v) is 2.93. The van der Waals surface area contributed by atoms with Gasteiger partial charge < -0.3 is 10.1 Å². The van der Waals surface area contributed by atoms with E-state index in [0.717, 1.165) is 0 Å². The number of halogens is 2. The SMILES string of the molecule is COc1ccc(/C=C(/NC(=O)c2ccccc2)C(=O)N/N=C/c2ccc(Cl)c(Cl)c2)cc1. The third kappa shape index (κ3) is 6.44. The van der Waals surface area contributed by atoms with Crippen molar-refractivity contribution in [2.24, 2.45) is 5.10 Å². The molecule has 3 aromatic rings. The largest absolute Gasteiger partial charge is 0.497 e. The number of hydrogen-bond donors (Lipinski definition) is 2. The zero-order chi connectivity index (χ0) is 22.9. The summed E-state index contributed by atoms with van der Waals surface area (Å²) in [5.74, 6) is -0.344. The molecule has 32 heavy (non-hydrogen) atoms. The Balaban J connectivity index is 1.80. The first-order valence-corrected chi connectivity index (χ1v) is 10.2. The number of ether oxygens (including phenoxy) is 1. The lowest BCUT2D eigenvalue weighted by molar-refractivity contribution is -0.117. The third-order valence-corrected chi connectivity index (χ3v) is 5.02. The molecule has 0 aromatic heterocycles. The maximum Gasteiger partial charge on any atom is 0.287 e. The summed E-state index contributed by atoms with van der Waals surface area (Å²) in [4.78, 5) is 25.4. The molecule has 0 aliphatic heterocycles. The molecule has 0 aliphatic carbocycles. The first kappa shape index (κ1) is 23.1. The number of rotatable bonds is 7. The lowest BCUT2D eigenvalue weighted by atomic mass is 10.1. The second kappa shape index (κ2) is 11.1. The lowest BCUT2D eigenvalue weighted by Crippen LogP contribution is -2.32. The topological polar surface area (TPSA) is 79.8 Å². The molecule has 0 saturated carbocycles. The smallest absolute Gasteiger partial charge is 0.287 e. The van der Waals surface area contributed by atoms with Crippen LogP contribution in [-0.2, 0) is 4.79 Å². The Bertz CT molecular complexity index is 1160. The van der Waals surface area contributed by atoms with Crippen LogP contribution in [-0.4, -0.2) is 25.1 Å². The van der Waals surface area contributed by atoms with E-state index in [1.54, 1.807) is 86.0 Å². The summed E-state index contributed by atoms with van der Waals surface area (Å²) in [7, 11) is 1.57. The molecule has 0 atom stereocenters. The number of nitrogens with one attached hydrogen (secondary N) is 2. The van der Waals surface area contributed by atoms with Crippen LogP contribution in [0.2, 0.25) is 10.0 Å². The molecule has 8 heteroatoms. The summed E-state index contributed by atoms with van der Waals surface area (Å²) in [6.45, 7) is 0. The summed E-state index contributed by atoms with van der Waals surface area (Å²) in [5.41, 5.74) is 4.19. The molecular weight excluding hydrogens is 449 g/mol. The van der Waals surface area contributed by atoms with Gasteiger partial charge in [0, 0.05) is 5.56 Å². The number of benzene rings is 3. The van der Waals surface area contributed by atoms with Gasteiger partial charge in [-0.25, -0.2) is 5.43 Å². The van der Waals surface area contributed by atoms with Gasteiger partial charge in [-0.3, -0.25) is 9.59 Å². The maximum absolute atomic E-state index is 12.8. The first-order valence-electron chi connectivity index (χ1n) is 9.47. The highest BCUT2D eigenvalue weighted by atomic mass is 35.5. The minimum Gasteiger partial charge on any atom is -0.497 e. The predicted molar refractivity (Wildman–Crippen MR) is 127 cm³/mol. The van der Waals surface area contributed by atoms with Crippen LogP contribution in [0.4, 0.5) is 0 Å². The van der Waals surface area contributed by atoms with Crippen LogP contribution in [0.5, 0.6) is 5.75 Å². The number of amides is 2. The van der Waals surface area contributed by atoms with E-state index >= 15 is 0 Å². The highest BCUT2D eigenvalue weighted by molar-refractivity contribution is 6.42. The molecule has 0 radical (unpaired) electrons.